The summed E-state index contributed by atoms with van der Waals surface area (Å²) in [5, 5.41) is 8.52. The third kappa shape index (κ3) is 2.30. The highest BCUT2D eigenvalue weighted by atomic mass is 16.5. The van der Waals surface area contributed by atoms with Crippen LogP contribution < -0.4 is 16.0 Å². The minimum Gasteiger partial charge on any atom is -0.384 e. The van der Waals surface area contributed by atoms with E-state index in [9.17, 15) is 4.79 Å². The molecule has 1 atom stereocenters. The lowest BCUT2D eigenvalue weighted by Gasteiger charge is -2.29. The van der Waals surface area contributed by atoms with Crippen LogP contribution in [0.5, 0.6) is 0 Å². The molecule has 82 valence electrons. The van der Waals surface area contributed by atoms with Gasteiger partial charge in [-0.05, 0) is 12.5 Å². The van der Waals surface area contributed by atoms with Crippen LogP contribution in [0, 0.1) is 0 Å². The molecule has 0 radical (unpaired) electrons. The number of nitrogens with one attached hydrogen (secondary N) is 3. The molecule has 0 saturated carbocycles. The van der Waals surface area contributed by atoms with Gasteiger partial charge in [0.25, 0.3) is 0 Å². The van der Waals surface area contributed by atoms with Crippen molar-refractivity contribution in [3.05, 3.63) is 23.5 Å². The Morgan fingerprint density at radius 1 is 1.67 bits per heavy atom. The largest absolute Gasteiger partial charge is 0.384 e. The molecule has 2 rings (SSSR count). The molecule has 2 aliphatic rings. The van der Waals surface area contributed by atoms with Gasteiger partial charge in [0.2, 0.25) is 0 Å². The van der Waals surface area contributed by atoms with Crippen LogP contribution in [0.25, 0.3) is 0 Å². The summed E-state index contributed by atoms with van der Waals surface area (Å²) in [7, 11) is 1.59. The first-order valence-corrected chi connectivity index (χ1v) is 5.05. The molecule has 3 N–H and O–H groups in total. The molecule has 0 aromatic rings. The molecule has 1 fully saturated rings. The van der Waals surface area contributed by atoms with E-state index in [0.717, 1.165) is 31.0 Å². The Morgan fingerprint density at radius 3 is 3.33 bits per heavy atom. The third-order valence-electron chi connectivity index (χ3n) is 2.44. The van der Waals surface area contributed by atoms with Crippen LogP contribution >= 0.6 is 0 Å². The molecule has 5 nitrogen and oxygen atoms in total. The molecule has 0 aromatic heterocycles. The first-order chi connectivity index (χ1) is 7.29. The highest BCUT2D eigenvalue weighted by molar-refractivity contribution is 5.76. The summed E-state index contributed by atoms with van der Waals surface area (Å²) in [5.41, 5.74) is 1.87. The number of hydrogen-bond acceptors (Lipinski definition) is 3. The van der Waals surface area contributed by atoms with Gasteiger partial charge in [-0.2, -0.15) is 0 Å². The van der Waals surface area contributed by atoms with E-state index in [-0.39, 0.29) is 12.1 Å². The van der Waals surface area contributed by atoms with E-state index < -0.39 is 0 Å². The molecular weight excluding hydrogens is 194 g/mol. The maximum absolute atomic E-state index is 11.1. The summed E-state index contributed by atoms with van der Waals surface area (Å²) >= 11 is 0. The molecular formula is C10H15N3O2. The van der Waals surface area contributed by atoms with Gasteiger partial charge in [-0.25, -0.2) is 4.79 Å². The summed E-state index contributed by atoms with van der Waals surface area (Å²) in [6, 6.07) is -0.201. The summed E-state index contributed by atoms with van der Waals surface area (Å²) in [6.07, 6.45) is 4.82. The second-order valence-corrected chi connectivity index (χ2v) is 3.49. The molecule has 1 heterocycles. The molecule has 1 saturated heterocycles. The molecule has 0 spiro atoms. The summed E-state index contributed by atoms with van der Waals surface area (Å²) in [5.74, 6) is 0. The topological polar surface area (TPSA) is 62.4 Å². The van der Waals surface area contributed by atoms with Crippen molar-refractivity contribution in [3.63, 3.8) is 0 Å². The van der Waals surface area contributed by atoms with Crippen molar-refractivity contribution in [1.82, 2.24) is 16.0 Å². The van der Waals surface area contributed by atoms with Crippen LogP contribution in [-0.2, 0) is 4.74 Å². The lowest BCUT2D eigenvalue weighted by molar-refractivity contribution is 0.0545. The number of urea groups is 1. The van der Waals surface area contributed by atoms with Crippen molar-refractivity contribution in [1.29, 1.82) is 0 Å². The van der Waals surface area contributed by atoms with Crippen molar-refractivity contribution < 1.29 is 9.53 Å². The smallest absolute Gasteiger partial charge is 0.318 e. The van der Waals surface area contributed by atoms with Crippen molar-refractivity contribution >= 4 is 6.03 Å². The van der Waals surface area contributed by atoms with Gasteiger partial charge in [-0.1, -0.05) is 6.08 Å². The first-order valence-electron chi connectivity index (χ1n) is 5.05. The Bertz CT molecular complexity index is 323. The molecule has 2 amide bonds. The van der Waals surface area contributed by atoms with Crippen molar-refractivity contribution in [2.24, 2.45) is 0 Å². The minimum atomic E-state index is -0.201. The standard InChI is InChI=1S/C10H15N3O2/c1-11-10(14)13-7-2-3-9-8(6-7)12-4-5-15-9/h2,6,9,12H,3-5H2,1H3,(H2,11,13,14). The molecule has 1 aliphatic heterocycles. The van der Waals surface area contributed by atoms with Crippen LogP contribution in [0.4, 0.5) is 4.79 Å². The predicted molar refractivity (Wildman–Crippen MR) is 56.1 cm³/mol. The Balaban J connectivity index is 2.01. The summed E-state index contributed by atoms with van der Waals surface area (Å²) in [4.78, 5) is 11.1. The number of allylic oxidation sites excluding steroid dienone is 1. The molecule has 15 heavy (non-hydrogen) atoms. The van der Waals surface area contributed by atoms with Gasteiger partial charge in [0.1, 0.15) is 6.10 Å². The van der Waals surface area contributed by atoms with E-state index >= 15 is 0 Å². The van der Waals surface area contributed by atoms with Crippen LogP contribution in [0.3, 0.4) is 0 Å². The number of ether oxygens (including phenoxy) is 1. The van der Waals surface area contributed by atoms with Gasteiger partial charge in [-0.3, -0.25) is 0 Å². The average molecular weight is 209 g/mol. The minimum absolute atomic E-state index is 0.133. The Morgan fingerprint density at radius 2 is 2.53 bits per heavy atom. The highest BCUT2D eigenvalue weighted by Gasteiger charge is 2.21. The summed E-state index contributed by atoms with van der Waals surface area (Å²) < 4.78 is 5.56. The van der Waals surface area contributed by atoms with Crippen molar-refractivity contribution in [2.75, 3.05) is 20.2 Å². The van der Waals surface area contributed by atoms with Gasteiger partial charge in [0, 0.05) is 25.0 Å². The van der Waals surface area contributed by atoms with Crippen LogP contribution in [0.1, 0.15) is 6.42 Å². The molecule has 5 heteroatoms. The first kappa shape index (κ1) is 10.0. The zero-order valence-corrected chi connectivity index (χ0v) is 8.67. The normalized spacial score (nSPS) is 24.2. The van der Waals surface area contributed by atoms with E-state index in [2.05, 4.69) is 16.0 Å². The van der Waals surface area contributed by atoms with E-state index in [1.54, 1.807) is 7.05 Å². The zero-order valence-electron chi connectivity index (χ0n) is 8.67. The van der Waals surface area contributed by atoms with Gasteiger partial charge in [-0.15, -0.1) is 0 Å². The fraction of sp³-hybridized carbons (Fsp3) is 0.500. The Kier molecular flexibility index (Phi) is 2.91. The number of rotatable bonds is 1. The van der Waals surface area contributed by atoms with E-state index in [1.165, 1.54) is 0 Å². The predicted octanol–water partition coefficient (Wildman–Crippen LogP) is 0.0753. The monoisotopic (exact) mass is 209 g/mol. The Hall–Kier alpha value is -1.49. The number of fused-ring (bicyclic) bond motifs is 1. The molecule has 1 aliphatic carbocycles. The lowest BCUT2D eigenvalue weighted by atomic mass is 10.0. The summed E-state index contributed by atoms with van der Waals surface area (Å²) in [6.45, 7) is 1.57. The maximum Gasteiger partial charge on any atom is 0.318 e. The van der Waals surface area contributed by atoms with Crippen molar-refractivity contribution in [2.45, 2.75) is 12.5 Å². The van der Waals surface area contributed by atoms with E-state index in [4.69, 9.17) is 4.74 Å². The number of carbonyl (C=O) groups excluding carboxylic acids is 1. The Labute approximate surface area is 88.6 Å². The highest BCUT2D eigenvalue weighted by Crippen LogP contribution is 2.19. The fourth-order valence-electron chi connectivity index (χ4n) is 1.68. The van der Waals surface area contributed by atoms with Crippen LogP contribution in [-0.4, -0.2) is 32.3 Å². The third-order valence-corrected chi connectivity index (χ3v) is 2.44. The van der Waals surface area contributed by atoms with Crippen LogP contribution in [0.15, 0.2) is 23.5 Å². The fourth-order valence-corrected chi connectivity index (χ4v) is 1.68. The van der Waals surface area contributed by atoms with Gasteiger partial charge >= 0.3 is 6.03 Å². The number of amides is 2. The molecule has 0 bridgehead atoms. The zero-order chi connectivity index (χ0) is 10.7. The van der Waals surface area contributed by atoms with E-state index in [1.807, 2.05) is 12.2 Å². The van der Waals surface area contributed by atoms with E-state index in [0.29, 0.717) is 0 Å². The lowest BCUT2D eigenvalue weighted by Crippen LogP contribution is -2.39. The average Bonchev–Trinajstić information content (AvgIpc) is 2.29. The molecule has 0 aromatic carbocycles. The van der Waals surface area contributed by atoms with Gasteiger partial charge < -0.3 is 20.7 Å². The number of morpholine rings is 1. The second-order valence-electron chi connectivity index (χ2n) is 3.49. The van der Waals surface area contributed by atoms with Crippen molar-refractivity contribution in [3.8, 4) is 0 Å². The molecule has 1 unspecified atom stereocenters. The second kappa shape index (κ2) is 4.35. The van der Waals surface area contributed by atoms with Gasteiger partial charge in [0.05, 0.1) is 6.61 Å². The quantitative estimate of drug-likeness (QED) is 0.573. The van der Waals surface area contributed by atoms with Gasteiger partial charge in [0.15, 0.2) is 0 Å². The maximum atomic E-state index is 11.1. The number of hydrogen-bond donors (Lipinski definition) is 3. The SMILES string of the molecule is CNC(=O)NC1=CCC2OCCNC2=C1. The number of carbonyl (C=O) groups is 1. The van der Waals surface area contributed by atoms with Crippen LogP contribution in [0.2, 0.25) is 0 Å².